The van der Waals surface area contributed by atoms with Crippen LogP contribution in [0.2, 0.25) is 0 Å². The van der Waals surface area contributed by atoms with Gasteiger partial charge in [-0.05, 0) is 56.8 Å². The summed E-state index contributed by atoms with van der Waals surface area (Å²) in [5.74, 6) is 0.230. The zero-order valence-corrected chi connectivity index (χ0v) is 21.0. The van der Waals surface area contributed by atoms with E-state index in [0.29, 0.717) is 12.2 Å². The third-order valence-electron chi connectivity index (χ3n) is 6.16. The van der Waals surface area contributed by atoms with Gasteiger partial charge in [0.2, 0.25) is 5.65 Å². The number of aryl methyl sites for hydroxylation is 2. The van der Waals surface area contributed by atoms with Crippen molar-refractivity contribution in [2.75, 3.05) is 19.8 Å². The molecule has 2 aromatic carbocycles. The van der Waals surface area contributed by atoms with Crippen molar-refractivity contribution in [1.29, 1.82) is 0 Å². The van der Waals surface area contributed by atoms with Gasteiger partial charge in [0.25, 0.3) is 0 Å². The Labute approximate surface area is 209 Å². The number of benzene rings is 2. The number of rotatable bonds is 6. The highest BCUT2D eigenvalue weighted by Gasteiger charge is 2.26. The molecule has 0 amide bonds. The molecule has 8 heteroatoms. The summed E-state index contributed by atoms with van der Waals surface area (Å²) in [6.45, 7) is 5.04. The van der Waals surface area contributed by atoms with Gasteiger partial charge in [-0.25, -0.2) is 9.78 Å². The molecule has 182 valence electrons. The summed E-state index contributed by atoms with van der Waals surface area (Å²) in [4.78, 5) is 23.5. The molecule has 0 aliphatic heterocycles. The van der Waals surface area contributed by atoms with Crippen LogP contribution in [0.15, 0.2) is 71.5 Å². The van der Waals surface area contributed by atoms with Crippen LogP contribution < -0.4 is 16.4 Å². The van der Waals surface area contributed by atoms with Gasteiger partial charge in [0, 0.05) is 23.5 Å². The maximum atomic E-state index is 13.6. The first-order valence-corrected chi connectivity index (χ1v) is 11.9. The highest BCUT2D eigenvalue weighted by Crippen LogP contribution is 2.33. The number of hydrogen-bond acceptors (Lipinski definition) is 5. The van der Waals surface area contributed by atoms with Crippen LogP contribution in [0, 0.1) is 13.8 Å². The molecule has 0 atom stereocenters. The first-order valence-electron chi connectivity index (χ1n) is 11.9. The molecule has 5 aromatic rings. The minimum Gasteiger partial charge on any atom is -0.305 e. The Bertz CT molecular complexity index is 1600. The van der Waals surface area contributed by atoms with Crippen molar-refractivity contribution >= 4 is 11.6 Å². The summed E-state index contributed by atoms with van der Waals surface area (Å²) < 4.78 is 2.95. The number of nitrogens with zero attached hydrogens (tertiary/aromatic N) is 5. The monoisotopic (exact) mass is 480 g/mol. The average molecular weight is 481 g/mol. The standard InChI is InChI=1S/C28H29N7O/c1-18-14-23(15-19(2)30-18)24-25(20-10-6-5-7-11-20)31-27(29)35-26(24)32-34(28(35)36)17-22-13-9-8-12-21(22)16-33(3)4/h5-15H,16-17H2,1-4H3,(H2,29,31)/p+1. The van der Waals surface area contributed by atoms with E-state index in [1.54, 1.807) is 0 Å². The van der Waals surface area contributed by atoms with E-state index in [-0.39, 0.29) is 11.6 Å². The Balaban J connectivity index is 1.77. The van der Waals surface area contributed by atoms with Gasteiger partial charge < -0.3 is 4.90 Å². The molecule has 0 radical (unpaired) electrons. The Morgan fingerprint density at radius 2 is 1.56 bits per heavy atom. The molecular weight excluding hydrogens is 450 g/mol. The largest absolute Gasteiger partial charge is 0.411 e. The number of anilines is 1. The van der Waals surface area contributed by atoms with Gasteiger partial charge >= 0.3 is 11.6 Å². The molecule has 36 heavy (non-hydrogen) atoms. The Kier molecular flexibility index (Phi) is 6.12. The Morgan fingerprint density at radius 1 is 0.917 bits per heavy atom. The lowest BCUT2D eigenvalue weighted by atomic mass is 9.99. The summed E-state index contributed by atoms with van der Waals surface area (Å²) in [5, 5.41) is 4.84. The summed E-state index contributed by atoms with van der Waals surface area (Å²) >= 11 is 0. The third kappa shape index (κ3) is 4.38. The van der Waals surface area contributed by atoms with Gasteiger partial charge in [-0.3, -0.25) is 10.7 Å². The molecule has 0 unspecified atom stereocenters. The van der Waals surface area contributed by atoms with Crippen molar-refractivity contribution in [3.63, 3.8) is 0 Å². The van der Waals surface area contributed by atoms with E-state index in [1.165, 1.54) is 9.08 Å². The zero-order valence-electron chi connectivity index (χ0n) is 21.0. The quantitative estimate of drug-likeness (QED) is 0.402. The minimum atomic E-state index is -0.290. The number of pyridine rings is 1. The number of nitrogens with one attached hydrogen (secondary N) is 1. The van der Waals surface area contributed by atoms with Crippen LogP contribution in [0.5, 0.6) is 0 Å². The van der Waals surface area contributed by atoms with E-state index in [2.05, 4.69) is 20.9 Å². The summed E-state index contributed by atoms with van der Waals surface area (Å²) in [6, 6.07) is 22.1. The second kappa shape index (κ2) is 9.39. The average Bonchev–Trinajstić information content (AvgIpc) is 3.16. The van der Waals surface area contributed by atoms with Crippen LogP contribution >= 0.6 is 0 Å². The van der Waals surface area contributed by atoms with E-state index < -0.39 is 0 Å². The lowest BCUT2D eigenvalue weighted by molar-refractivity contribution is -0.351. The third-order valence-corrected chi connectivity index (χ3v) is 6.16. The first-order chi connectivity index (χ1) is 17.3. The lowest BCUT2D eigenvalue weighted by Gasteiger charge is -2.13. The summed E-state index contributed by atoms with van der Waals surface area (Å²) in [5.41, 5.74) is 14.1. The topological polar surface area (TPSA) is 95.6 Å². The summed E-state index contributed by atoms with van der Waals surface area (Å²) in [6.07, 6.45) is 0. The normalized spacial score (nSPS) is 11.5. The second-order valence-electron chi connectivity index (χ2n) is 9.37. The molecule has 0 aliphatic carbocycles. The molecule has 0 saturated heterocycles. The SMILES string of the molecule is Cc1cc(-c2c(-c3ccccc3)[nH+]c(N)n3c(=O)n(Cc4ccccc4CN(C)C)nc23)cc(C)n1. The fourth-order valence-corrected chi connectivity index (χ4v) is 4.69. The molecule has 3 heterocycles. The predicted molar refractivity (Wildman–Crippen MR) is 141 cm³/mol. The van der Waals surface area contributed by atoms with Crippen LogP contribution in [0.25, 0.3) is 28.0 Å². The number of fused-ring (bicyclic) bond motifs is 1. The number of aromatic amines is 1. The highest BCUT2D eigenvalue weighted by molar-refractivity contribution is 5.88. The van der Waals surface area contributed by atoms with E-state index in [4.69, 9.17) is 10.8 Å². The zero-order chi connectivity index (χ0) is 25.4. The molecule has 3 N–H and O–H groups in total. The molecule has 0 spiro atoms. The van der Waals surface area contributed by atoms with Crippen molar-refractivity contribution in [1.82, 2.24) is 24.1 Å². The number of nitrogen functional groups attached to an aromatic ring is 1. The van der Waals surface area contributed by atoms with Crippen molar-refractivity contribution in [3.05, 3.63) is 99.7 Å². The van der Waals surface area contributed by atoms with Crippen molar-refractivity contribution in [2.24, 2.45) is 0 Å². The van der Waals surface area contributed by atoms with Crippen LogP contribution in [0.3, 0.4) is 0 Å². The molecule has 5 rings (SSSR count). The number of aromatic nitrogens is 5. The highest BCUT2D eigenvalue weighted by atomic mass is 16.2. The van der Waals surface area contributed by atoms with Crippen LogP contribution in [-0.2, 0) is 13.1 Å². The van der Waals surface area contributed by atoms with E-state index >= 15 is 0 Å². The predicted octanol–water partition coefficient (Wildman–Crippen LogP) is 3.35. The Morgan fingerprint density at radius 3 is 2.22 bits per heavy atom. The lowest BCUT2D eigenvalue weighted by Crippen LogP contribution is -2.28. The van der Waals surface area contributed by atoms with E-state index in [1.807, 2.05) is 88.6 Å². The molecule has 0 fully saturated rings. The van der Waals surface area contributed by atoms with Crippen LogP contribution in [0.4, 0.5) is 5.95 Å². The minimum absolute atomic E-state index is 0.230. The maximum absolute atomic E-state index is 13.6. The number of nitrogens with two attached hydrogens (primary N) is 1. The van der Waals surface area contributed by atoms with Crippen LogP contribution in [-0.4, -0.2) is 38.2 Å². The number of H-pyrrole nitrogens is 1. The van der Waals surface area contributed by atoms with Crippen molar-refractivity contribution < 1.29 is 4.98 Å². The number of hydrogen-bond donors (Lipinski definition) is 1. The first kappa shape index (κ1) is 23.4. The van der Waals surface area contributed by atoms with Crippen molar-refractivity contribution in [3.8, 4) is 22.4 Å². The maximum Gasteiger partial charge on any atom is 0.411 e. The van der Waals surface area contributed by atoms with Gasteiger partial charge in [0.15, 0.2) is 0 Å². The summed E-state index contributed by atoms with van der Waals surface area (Å²) in [7, 11) is 4.06. The molecule has 8 nitrogen and oxygen atoms in total. The molecule has 0 saturated carbocycles. The van der Waals surface area contributed by atoms with Gasteiger partial charge in [-0.2, -0.15) is 4.68 Å². The van der Waals surface area contributed by atoms with Crippen LogP contribution in [0.1, 0.15) is 22.5 Å². The Hall–Kier alpha value is -4.30. The molecule has 0 bridgehead atoms. The molecule has 0 aliphatic rings. The van der Waals surface area contributed by atoms with Gasteiger partial charge in [0.05, 0.1) is 12.1 Å². The smallest absolute Gasteiger partial charge is 0.305 e. The van der Waals surface area contributed by atoms with E-state index in [0.717, 1.165) is 51.4 Å². The van der Waals surface area contributed by atoms with Gasteiger partial charge in [0.1, 0.15) is 5.69 Å². The van der Waals surface area contributed by atoms with E-state index in [9.17, 15) is 4.79 Å². The molecule has 3 aromatic heterocycles. The van der Waals surface area contributed by atoms with Gasteiger partial charge in [-0.15, -0.1) is 9.50 Å². The van der Waals surface area contributed by atoms with Crippen molar-refractivity contribution in [2.45, 2.75) is 26.9 Å². The van der Waals surface area contributed by atoms with Gasteiger partial charge in [-0.1, -0.05) is 54.6 Å². The fourth-order valence-electron chi connectivity index (χ4n) is 4.69. The molecular formula is C28H30N7O+. The second-order valence-corrected chi connectivity index (χ2v) is 9.37. The fraction of sp³-hybridized carbons (Fsp3) is 0.214.